The highest BCUT2D eigenvalue weighted by Crippen LogP contribution is 2.49. The van der Waals surface area contributed by atoms with Gasteiger partial charge in [-0.25, -0.2) is 4.79 Å². The van der Waals surface area contributed by atoms with E-state index in [1.165, 1.54) is 6.42 Å². The van der Waals surface area contributed by atoms with E-state index in [1.54, 1.807) is 0 Å². The molecule has 166 valence electrons. The average Bonchev–Trinajstić information content (AvgIpc) is 2.69. The molecule has 0 amide bonds. The van der Waals surface area contributed by atoms with Gasteiger partial charge in [-0.15, -0.1) is 12.4 Å². The lowest BCUT2D eigenvalue weighted by Gasteiger charge is -2.49. The molecule has 5 atom stereocenters. The molecule has 1 N–H and O–H groups in total. The van der Waals surface area contributed by atoms with Gasteiger partial charge in [-0.05, 0) is 56.0 Å². The topological polar surface area (TPSA) is 49.8 Å². The Hall–Kier alpha value is -0.320. The van der Waals surface area contributed by atoms with Gasteiger partial charge in [0.15, 0.2) is 5.60 Å². The first-order chi connectivity index (χ1) is 12.9. The smallest absolute Gasteiger partial charge is 0.338 e. The number of rotatable bonds is 8. The molecule has 2 fully saturated rings. The first kappa shape index (κ1) is 25.7. The quantitative estimate of drug-likeness (QED) is 0.569. The van der Waals surface area contributed by atoms with E-state index in [2.05, 4.69) is 39.5 Å². The Kier molecular flexibility index (Phi) is 10.8. The zero-order chi connectivity index (χ0) is 20.0. The van der Waals surface area contributed by atoms with E-state index >= 15 is 0 Å². The van der Waals surface area contributed by atoms with E-state index in [0.717, 1.165) is 58.2 Å². The largest absolute Gasteiger partial charge is 0.462 e. The first-order valence-electron chi connectivity index (χ1n) is 11.5. The summed E-state index contributed by atoms with van der Waals surface area (Å²) in [5, 5.41) is 11.9. The maximum absolute atomic E-state index is 13.3. The highest BCUT2D eigenvalue weighted by Gasteiger charge is 2.54. The second kappa shape index (κ2) is 11.8. The van der Waals surface area contributed by atoms with Gasteiger partial charge >= 0.3 is 5.97 Å². The van der Waals surface area contributed by atoms with Crippen molar-refractivity contribution in [2.75, 3.05) is 26.2 Å². The number of carbonyl (C=O) groups is 1. The summed E-state index contributed by atoms with van der Waals surface area (Å²) in [4.78, 5) is 15.5. The molecule has 0 saturated heterocycles. The molecule has 0 aliphatic heterocycles. The monoisotopic (exact) mass is 417 g/mol. The van der Waals surface area contributed by atoms with Crippen LogP contribution in [0.1, 0.15) is 79.6 Å². The molecular weight excluding hydrogens is 374 g/mol. The van der Waals surface area contributed by atoms with Crippen LogP contribution in [-0.2, 0) is 9.53 Å². The molecule has 2 aliphatic carbocycles. The summed E-state index contributed by atoms with van der Waals surface area (Å²) in [7, 11) is 0. The van der Waals surface area contributed by atoms with E-state index in [-0.39, 0.29) is 30.2 Å². The van der Waals surface area contributed by atoms with E-state index in [9.17, 15) is 9.90 Å². The minimum absolute atomic E-state index is 0. The maximum Gasteiger partial charge on any atom is 0.338 e. The fraction of sp³-hybridized carbons (Fsp3) is 0.957. The molecule has 2 rings (SSSR count). The summed E-state index contributed by atoms with van der Waals surface area (Å²) in [6, 6.07) is 0. The minimum atomic E-state index is -1.31. The Morgan fingerprint density at radius 3 is 2.18 bits per heavy atom. The zero-order valence-electron chi connectivity index (χ0n) is 18.8. The predicted molar refractivity (Wildman–Crippen MR) is 118 cm³/mol. The summed E-state index contributed by atoms with van der Waals surface area (Å²) in [6.07, 6.45) is 7.39. The van der Waals surface area contributed by atoms with E-state index in [1.807, 2.05) is 0 Å². The van der Waals surface area contributed by atoms with Gasteiger partial charge in [0.1, 0.15) is 6.61 Å². The lowest BCUT2D eigenvalue weighted by Crippen LogP contribution is -2.57. The number of hydrogen-bond donors (Lipinski definition) is 1. The number of carbonyl (C=O) groups excluding carboxylic acids is 1. The molecule has 0 bridgehead atoms. The number of hydrogen-bond acceptors (Lipinski definition) is 4. The SMILES string of the molecule is CCN(CC)CCOC(=O)C(O)(C1CCCCC1)C1CCC(C)C(C)C1C.Cl. The number of ether oxygens (including phenoxy) is 1. The van der Waals surface area contributed by atoms with Crippen LogP contribution in [-0.4, -0.2) is 47.8 Å². The summed E-state index contributed by atoms with van der Waals surface area (Å²) < 4.78 is 5.73. The Bertz CT molecular complexity index is 465. The number of nitrogens with zero attached hydrogens (tertiary/aromatic N) is 1. The van der Waals surface area contributed by atoms with Gasteiger partial charge in [0.2, 0.25) is 0 Å². The normalized spacial score (nSPS) is 31.1. The Balaban J connectivity index is 0.00000392. The molecule has 0 heterocycles. The van der Waals surface area contributed by atoms with Gasteiger partial charge in [0, 0.05) is 12.5 Å². The molecule has 4 nitrogen and oxygen atoms in total. The maximum atomic E-state index is 13.3. The first-order valence-corrected chi connectivity index (χ1v) is 11.5. The molecule has 0 radical (unpaired) electrons. The Morgan fingerprint density at radius 1 is 1.00 bits per heavy atom. The van der Waals surface area contributed by atoms with Crippen molar-refractivity contribution < 1.29 is 14.6 Å². The van der Waals surface area contributed by atoms with E-state index in [0.29, 0.717) is 24.4 Å². The van der Waals surface area contributed by atoms with Gasteiger partial charge in [-0.3, -0.25) is 0 Å². The molecule has 2 saturated carbocycles. The lowest BCUT2D eigenvalue weighted by atomic mass is 9.58. The van der Waals surface area contributed by atoms with Gasteiger partial charge in [0.05, 0.1) is 0 Å². The molecule has 0 aromatic carbocycles. The number of halogens is 1. The summed E-state index contributed by atoms with van der Waals surface area (Å²) in [5.74, 6) is 1.26. The van der Waals surface area contributed by atoms with Gasteiger partial charge in [-0.1, -0.05) is 60.3 Å². The molecule has 0 aromatic rings. The molecule has 2 aliphatic rings. The molecular formula is C23H44ClNO3. The van der Waals surface area contributed by atoms with Crippen molar-refractivity contribution in [3.05, 3.63) is 0 Å². The van der Waals surface area contributed by atoms with Crippen molar-refractivity contribution in [1.82, 2.24) is 4.90 Å². The van der Waals surface area contributed by atoms with Crippen molar-refractivity contribution in [1.29, 1.82) is 0 Å². The van der Waals surface area contributed by atoms with Crippen LogP contribution in [0.3, 0.4) is 0 Å². The van der Waals surface area contributed by atoms with E-state index in [4.69, 9.17) is 4.74 Å². The van der Waals surface area contributed by atoms with Crippen LogP contribution in [0.2, 0.25) is 0 Å². The van der Waals surface area contributed by atoms with E-state index < -0.39 is 5.60 Å². The number of aliphatic hydroxyl groups is 1. The van der Waals surface area contributed by atoms with Crippen molar-refractivity contribution in [2.45, 2.75) is 85.2 Å². The zero-order valence-corrected chi connectivity index (χ0v) is 19.6. The highest BCUT2D eigenvalue weighted by atomic mass is 35.5. The Morgan fingerprint density at radius 2 is 1.61 bits per heavy atom. The minimum Gasteiger partial charge on any atom is -0.462 e. The molecule has 5 heteroatoms. The van der Waals surface area contributed by atoms with Gasteiger partial charge in [0.25, 0.3) is 0 Å². The third-order valence-electron chi connectivity index (χ3n) is 7.95. The van der Waals surface area contributed by atoms with Crippen molar-refractivity contribution in [2.24, 2.45) is 29.6 Å². The van der Waals surface area contributed by atoms with Crippen LogP contribution in [0.15, 0.2) is 0 Å². The van der Waals surface area contributed by atoms with Gasteiger partial charge in [-0.2, -0.15) is 0 Å². The van der Waals surface area contributed by atoms with Crippen LogP contribution in [0.4, 0.5) is 0 Å². The lowest BCUT2D eigenvalue weighted by molar-refractivity contribution is -0.191. The van der Waals surface area contributed by atoms with Crippen molar-refractivity contribution in [3.8, 4) is 0 Å². The van der Waals surface area contributed by atoms with Gasteiger partial charge < -0.3 is 14.7 Å². The molecule has 5 unspecified atom stereocenters. The summed E-state index contributed by atoms with van der Waals surface area (Å²) in [5.41, 5.74) is -1.31. The van der Waals surface area contributed by atoms with Crippen LogP contribution in [0.5, 0.6) is 0 Å². The fourth-order valence-corrected chi connectivity index (χ4v) is 5.56. The van der Waals surface area contributed by atoms with Crippen molar-refractivity contribution in [3.63, 3.8) is 0 Å². The molecule has 0 aromatic heterocycles. The van der Waals surface area contributed by atoms with Crippen LogP contribution >= 0.6 is 12.4 Å². The second-order valence-electron chi connectivity index (χ2n) is 9.20. The second-order valence-corrected chi connectivity index (χ2v) is 9.20. The van der Waals surface area contributed by atoms with Crippen LogP contribution in [0, 0.1) is 29.6 Å². The highest BCUT2D eigenvalue weighted by molar-refractivity contribution is 5.85. The number of esters is 1. The van der Waals surface area contributed by atoms with Crippen LogP contribution < -0.4 is 0 Å². The number of likely N-dealkylation sites (N-methyl/N-ethyl adjacent to an activating group) is 1. The molecule has 0 spiro atoms. The average molecular weight is 418 g/mol. The predicted octanol–water partition coefficient (Wildman–Crippen LogP) is 4.92. The Labute approximate surface area is 179 Å². The standard InChI is InChI=1S/C23H43NO3.ClH/c1-6-24(7-2)15-16-27-22(25)23(26,20-11-9-8-10-12-20)21-14-13-17(3)18(4)19(21)5;/h17-21,26H,6-16H2,1-5H3;1H. The van der Waals surface area contributed by atoms with Crippen molar-refractivity contribution >= 4 is 18.4 Å². The summed E-state index contributed by atoms with van der Waals surface area (Å²) >= 11 is 0. The fourth-order valence-electron chi connectivity index (χ4n) is 5.56. The third kappa shape index (κ3) is 5.64. The van der Waals surface area contributed by atoms with Crippen LogP contribution in [0.25, 0.3) is 0 Å². The summed E-state index contributed by atoms with van der Waals surface area (Å²) in [6.45, 7) is 14.1. The molecule has 28 heavy (non-hydrogen) atoms. The third-order valence-corrected chi connectivity index (χ3v) is 7.95.